The highest BCUT2D eigenvalue weighted by Gasteiger charge is 2.41. The maximum Gasteiger partial charge on any atom is 0.191 e. The van der Waals surface area contributed by atoms with Crippen molar-refractivity contribution in [3.8, 4) is 18.2 Å². The highest BCUT2D eigenvalue weighted by Crippen LogP contribution is 2.34. The molecule has 1 heterocycles. The van der Waals surface area contributed by atoms with E-state index in [0.717, 1.165) is 0 Å². The molecule has 0 saturated carbocycles. The van der Waals surface area contributed by atoms with Gasteiger partial charge in [-0.05, 0) is 13.8 Å². The van der Waals surface area contributed by atoms with Gasteiger partial charge in [0.2, 0.25) is 0 Å². The first-order valence-corrected chi connectivity index (χ1v) is 4.56. The molecule has 0 N–H and O–H groups in total. The van der Waals surface area contributed by atoms with E-state index in [1.54, 1.807) is 26.0 Å². The van der Waals surface area contributed by atoms with E-state index in [-0.39, 0.29) is 11.3 Å². The van der Waals surface area contributed by atoms with Gasteiger partial charge in [-0.2, -0.15) is 15.8 Å². The second-order valence-electron chi connectivity index (χ2n) is 3.48. The molecule has 0 aliphatic carbocycles. The number of nitriles is 3. The Morgan fingerprint density at radius 3 is 2.20 bits per heavy atom. The van der Waals surface area contributed by atoms with Crippen LogP contribution >= 0.6 is 12.2 Å². The van der Waals surface area contributed by atoms with Gasteiger partial charge in [0.1, 0.15) is 23.0 Å². The minimum atomic E-state index is -1.07. The summed E-state index contributed by atoms with van der Waals surface area (Å²) in [5.41, 5.74) is -0.648. The lowest BCUT2D eigenvalue weighted by Gasteiger charge is -2.19. The number of hydrogen-bond acceptors (Lipinski definition) is 5. The van der Waals surface area contributed by atoms with Crippen LogP contribution in [0.3, 0.4) is 0 Å². The number of rotatable bonds is 1. The summed E-state index contributed by atoms with van der Waals surface area (Å²) in [7, 11) is 0. The van der Waals surface area contributed by atoms with Gasteiger partial charge in [-0.15, -0.1) is 0 Å². The van der Waals surface area contributed by atoms with E-state index in [9.17, 15) is 0 Å². The first-order valence-electron chi connectivity index (χ1n) is 4.15. The predicted octanol–water partition coefficient (Wildman–Crippen LogP) is 1.61. The molecule has 0 aromatic rings. The molecule has 0 saturated heterocycles. The molecule has 5 heteroatoms. The van der Waals surface area contributed by atoms with Gasteiger partial charge in [0.05, 0.1) is 17.0 Å². The predicted molar refractivity (Wildman–Crippen MR) is 55.1 cm³/mol. The number of thiocarbonyl (C=S) groups is 1. The summed E-state index contributed by atoms with van der Waals surface area (Å²) in [6.07, 6.45) is 0. The van der Waals surface area contributed by atoms with Crippen molar-refractivity contribution >= 4 is 17.1 Å². The summed E-state index contributed by atoms with van der Waals surface area (Å²) in [5.74, 6) is -0.989. The van der Waals surface area contributed by atoms with Crippen molar-refractivity contribution in [1.29, 1.82) is 15.8 Å². The number of allylic oxidation sites excluding steroid dienone is 1. The molecule has 0 bridgehead atoms. The number of hydrogen-bond donors (Lipinski definition) is 0. The summed E-state index contributed by atoms with van der Waals surface area (Å²) in [6, 6.07) is 5.40. The Bertz CT molecular complexity index is 456. The quantitative estimate of drug-likeness (QED) is 0.623. The van der Waals surface area contributed by atoms with E-state index in [4.69, 9.17) is 32.7 Å². The van der Waals surface area contributed by atoms with Crippen molar-refractivity contribution in [1.82, 2.24) is 0 Å². The summed E-state index contributed by atoms with van der Waals surface area (Å²) < 4.78 is 5.38. The number of nitrogens with zero attached hydrogens (tertiary/aromatic N) is 3. The summed E-state index contributed by atoms with van der Waals surface area (Å²) in [6.45, 7) is 3.40. The van der Waals surface area contributed by atoms with Crippen molar-refractivity contribution in [2.45, 2.75) is 19.4 Å². The van der Waals surface area contributed by atoms with Crippen LogP contribution in [0.2, 0.25) is 0 Å². The van der Waals surface area contributed by atoms with E-state index in [0.29, 0.717) is 4.86 Å². The minimum absolute atomic E-state index is 0.0810. The molecule has 0 amide bonds. The lowest BCUT2D eigenvalue weighted by Crippen LogP contribution is -2.28. The SMILES string of the molecule is CC1(C)OC(C(C#N)C#N)=C(C#N)C1=S. The van der Waals surface area contributed by atoms with Crippen molar-refractivity contribution < 1.29 is 4.74 Å². The zero-order chi connectivity index (χ0) is 11.6. The van der Waals surface area contributed by atoms with Gasteiger partial charge in [0, 0.05) is 0 Å². The van der Waals surface area contributed by atoms with Crippen LogP contribution in [0.1, 0.15) is 13.8 Å². The zero-order valence-electron chi connectivity index (χ0n) is 8.24. The third-order valence-electron chi connectivity index (χ3n) is 2.02. The Balaban J connectivity index is 3.27. The molecule has 0 unspecified atom stereocenters. The maximum atomic E-state index is 8.88. The van der Waals surface area contributed by atoms with Gasteiger partial charge < -0.3 is 4.74 Å². The van der Waals surface area contributed by atoms with Crippen molar-refractivity contribution in [3.05, 3.63) is 11.3 Å². The van der Waals surface area contributed by atoms with Crippen LogP contribution in [0, 0.1) is 39.9 Å². The van der Waals surface area contributed by atoms with Crippen molar-refractivity contribution in [2.24, 2.45) is 5.92 Å². The summed E-state index contributed by atoms with van der Waals surface area (Å²) >= 11 is 5.04. The van der Waals surface area contributed by atoms with Gasteiger partial charge in [0.25, 0.3) is 0 Å². The van der Waals surface area contributed by atoms with Gasteiger partial charge in [-0.1, -0.05) is 12.2 Å². The lowest BCUT2D eigenvalue weighted by molar-refractivity contribution is 0.102. The second-order valence-corrected chi connectivity index (χ2v) is 3.89. The highest BCUT2D eigenvalue weighted by atomic mass is 32.1. The fraction of sp³-hybridized carbons (Fsp3) is 0.400. The van der Waals surface area contributed by atoms with E-state index >= 15 is 0 Å². The van der Waals surface area contributed by atoms with E-state index in [2.05, 4.69) is 0 Å². The maximum absolute atomic E-state index is 8.88. The third-order valence-corrected chi connectivity index (χ3v) is 2.71. The topological polar surface area (TPSA) is 80.6 Å². The average molecular weight is 217 g/mol. The van der Waals surface area contributed by atoms with Crippen LogP contribution < -0.4 is 0 Å². The smallest absolute Gasteiger partial charge is 0.191 e. The van der Waals surface area contributed by atoms with E-state index in [1.807, 2.05) is 6.07 Å². The Morgan fingerprint density at radius 2 is 1.80 bits per heavy atom. The first-order chi connectivity index (χ1) is 6.97. The number of ether oxygens (including phenoxy) is 1. The molecule has 74 valence electrons. The fourth-order valence-corrected chi connectivity index (χ4v) is 1.43. The summed E-state index contributed by atoms with van der Waals surface area (Å²) in [5, 5.41) is 26.3. The Hall–Kier alpha value is -1.90. The molecule has 0 aromatic carbocycles. The van der Waals surface area contributed by atoms with Crippen LogP contribution in [-0.4, -0.2) is 10.5 Å². The highest BCUT2D eigenvalue weighted by molar-refractivity contribution is 7.81. The van der Waals surface area contributed by atoms with Crippen molar-refractivity contribution in [2.75, 3.05) is 0 Å². The average Bonchev–Trinajstić information content (AvgIpc) is 2.40. The molecule has 0 spiro atoms. The molecular weight excluding hydrogens is 210 g/mol. The third kappa shape index (κ3) is 1.68. The van der Waals surface area contributed by atoms with Gasteiger partial charge in [-0.3, -0.25) is 0 Å². The molecule has 4 nitrogen and oxygen atoms in total. The first kappa shape index (κ1) is 11.2. The Kier molecular flexibility index (Phi) is 2.75. The Morgan fingerprint density at radius 1 is 1.27 bits per heavy atom. The van der Waals surface area contributed by atoms with Crippen LogP contribution in [0.5, 0.6) is 0 Å². The van der Waals surface area contributed by atoms with Gasteiger partial charge in [0.15, 0.2) is 5.92 Å². The molecule has 0 aromatic heterocycles. The van der Waals surface area contributed by atoms with E-state index in [1.165, 1.54) is 0 Å². The van der Waals surface area contributed by atoms with Crippen LogP contribution in [-0.2, 0) is 4.74 Å². The standard InChI is InChI=1S/C10H7N3OS/c1-10(2)9(15)7(5-13)8(14-10)6(3-11)4-12/h6H,1-2H3. The van der Waals surface area contributed by atoms with Crippen molar-refractivity contribution in [3.63, 3.8) is 0 Å². The lowest BCUT2D eigenvalue weighted by atomic mass is 10.00. The van der Waals surface area contributed by atoms with Crippen LogP contribution in [0.4, 0.5) is 0 Å². The fourth-order valence-electron chi connectivity index (χ4n) is 1.24. The molecule has 1 aliphatic rings. The molecule has 15 heavy (non-hydrogen) atoms. The zero-order valence-corrected chi connectivity index (χ0v) is 9.05. The molecule has 1 aliphatic heterocycles. The molecule has 1 rings (SSSR count). The van der Waals surface area contributed by atoms with Gasteiger partial charge >= 0.3 is 0 Å². The minimum Gasteiger partial charge on any atom is -0.483 e. The molecule has 0 atom stereocenters. The molecule has 0 radical (unpaired) electrons. The molecule has 0 fully saturated rings. The monoisotopic (exact) mass is 217 g/mol. The van der Waals surface area contributed by atoms with Crippen LogP contribution in [0.15, 0.2) is 11.3 Å². The molecular formula is C10H7N3OS. The summed E-state index contributed by atoms with van der Waals surface area (Å²) in [4.78, 5) is 0.343. The van der Waals surface area contributed by atoms with E-state index < -0.39 is 11.5 Å². The second kappa shape index (κ2) is 3.69. The van der Waals surface area contributed by atoms with Gasteiger partial charge in [-0.25, -0.2) is 0 Å². The largest absolute Gasteiger partial charge is 0.483 e. The van der Waals surface area contributed by atoms with Crippen LogP contribution in [0.25, 0.3) is 0 Å². The normalized spacial score (nSPS) is 18.0. The Labute approximate surface area is 93.0 Å².